The number of anilines is 2. The summed E-state index contributed by atoms with van der Waals surface area (Å²) >= 11 is 6.97. The highest BCUT2D eigenvalue weighted by Crippen LogP contribution is 2.37. The highest BCUT2D eigenvalue weighted by molar-refractivity contribution is 9.10. The van der Waals surface area contributed by atoms with Gasteiger partial charge in [-0.25, -0.2) is 0 Å². The van der Waals surface area contributed by atoms with Crippen LogP contribution < -0.4 is 10.2 Å². The van der Waals surface area contributed by atoms with E-state index in [9.17, 15) is 4.79 Å². The Balaban J connectivity index is 1.87. The molecule has 1 atom stereocenters. The minimum Gasteiger partial charge on any atom is -0.360 e. The minimum absolute atomic E-state index is 0.0135. The normalized spacial score (nSPS) is 16.3. The van der Waals surface area contributed by atoms with Gasteiger partial charge < -0.3 is 5.32 Å². The highest BCUT2D eigenvalue weighted by Gasteiger charge is 2.33. The second-order valence-electron chi connectivity index (χ2n) is 5.80. The van der Waals surface area contributed by atoms with Crippen LogP contribution in [0.25, 0.3) is 0 Å². The van der Waals surface area contributed by atoms with Gasteiger partial charge in [0.05, 0.1) is 5.56 Å². The average molecular weight is 458 g/mol. The molecule has 0 saturated heterocycles. The van der Waals surface area contributed by atoms with Crippen molar-refractivity contribution in [2.45, 2.75) is 6.17 Å². The molecule has 1 heterocycles. The second kappa shape index (κ2) is 6.65. The van der Waals surface area contributed by atoms with Crippen molar-refractivity contribution < 1.29 is 4.79 Å². The number of amides is 1. The van der Waals surface area contributed by atoms with Crippen LogP contribution in [0.4, 0.5) is 11.4 Å². The van der Waals surface area contributed by atoms with E-state index in [1.165, 1.54) is 0 Å². The summed E-state index contributed by atoms with van der Waals surface area (Å²) in [6, 6.07) is 23.4. The average Bonchev–Trinajstić information content (AvgIpc) is 2.62. The maximum Gasteiger partial charge on any atom is 0.262 e. The van der Waals surface area contributed by atoms with Gasteiger partial charge in [0, 0.05) is 20.3 Å². The molecule has 4 rings (SSSR count). The molecule has 1 aliphatic rings. The van der Waals surface area contributed by atoms with E-state index < -0.39 is 0 Å². The summed E-state index contributed by atoms with van der Waals surface area (Å²) in [5.41, 5.74) is 3.39. The molecule has 124 valence electrons. The molecule has 1 aliphatic heterocycles. The second-order valence-corrected chi connectivity index (χ2v) is 7.63. The Bertz CT molecular complexity index is 940. The van der Waals surface area contributed by atoms with Crippen LogP contribution >= 0.6 is 31.9 Å². The lowest BCUT2D eigenvalue weighted by atomic mass is 10.0. The Labute approximate surface area is 162 Å². The van der Waals surface area contributed by atoms with E-state index in [-0.39, 0.29) is 12.1 Å². The molecule has 0 unspecified atom stereocenters. The number of nitrogens with zero attached hydrogens (tertiary/aromatic N) is 1. The summed E-state index contributed by atoms with van der Waals surface area (Å²) in [6.45, 7) is 0. The first-order chi connectivity index (χ1) is 12.1. The maximum atomic E-state index is 13.2. The van der Waals surface area contributed by atoms with Gasteiger partial charge in [-0.05, 0) is 48.0 Å². The van der Waals surface area contributed by atoms with Crippen LogP contribution in [-0.4, -0.2) is 5.91 Å². The van der Waals surface area contributed by atoms with Crippen molar-refractivity contribution in [1.82, 2.24) is 0 Å². The topological polar surface area (TPSA) is 32.3 Å². The fraction of sp³-hybridized carbons (Fsp3) is 0.0500. The lowest BCUT2D eigenvalue weighted by Crippen LogP contribution is -2.43. The van der Waals surface area contributed by atoms with Gasteiger partial charge >= 0.3 is 0 Å². The summed E-state index contributed by atoms with van der Waals surface area (Å²) < 4.78 is 1.94. The van der Waals surface area contributed by atoms with Crippen LogP contribution in [0, 0.1) is 0 Å². The molecule has 3 aromatic rings. The van der Waals surface area contributed by atoms with Gasteiger partial charge in [-0.2, -0.15) is 0 Å². The van der Waals surface area contributed by atoms with Crippen molar-refractivity contribution in [2.24, 2.45) is 0 Å². The molecule has 5 heteroatoms. The molecule has 1 amide bonds. The largest absolute Gasteiger partial charge is 0.360 e. The van der Waals surface area contributed by atoms with Crippen LogP contribution in [0.3, 0.4) is 0 Å². The number of benzene rings is 3. The van der Waals surface area contributed by atoms with Crippen LogP contribution in [0.2, 0.25) is 0 Å². The molecule has 0 aromatic heterocycles. The van der Waals surface area contributed by atoms with Crippen molar-refractivity contribution in [3.63, 3.8) is 0 Å². The molecule has 0 spiro atoms. The number of nitrogens with one attached hydrogen (secondary N) is 1. The van der Waals surface area contributed by atoms with Gasteiger partial charge in [-0.15, -0.1) is 0 Å². The van der Waals surface area contributed by atoms with Crippen molar-refractivity contribution in [1.29, 1.82) is 0 Å². The summed E-state index contributed by atoms with van der Waals surface area (Å²) in [4.78, 5) is 15.0. The maximum absolute atomic E-state index is 13.2. The number of hydrogen-bond acceptors (Lipinski definition) is 2. The number of carbonyl (C=O) groups is 1. The number of carbonyl (C=O) groups excluding carboxylic acids is 1. The molecule has 1 N–H and O–H groups in total. The monoisotopic (exact) mass is 456 g/mol. The first-order valence-electron chi connectivity index (χ1n) is 7.83. The number of halogens is 2. The molecule has 0 radical (unpaired) electrons. The van der Waals surface area contributed by atoms with Crippen LogP contribution in [0.1, 0.15) is 22.1 Å². The number of hydrogen-bond donors (Lipinski definition) is 1. The van der Waals surface area contributed by atoms with Gasteiger partial charge in [0.1, 0.15) is 6.17 Å². The first kappa shape index (κ1) is 16.4. The summed E-state index contributed by atoms with van der Waals surface area (Å²) in [7, 11) is 0. The molecule has 0 fully saturated rings. The van der Waals surface area contributed by atoms with E-state index in [1.807, 2.05) is 72.8 Å². The van der Waals surface area contributed by atoms with Crippen molar-refractivity contribution in [3.05, 3.63) is 92.9 Å². The first-order valence-corrected chi connectivity index (χ1v) is 9.42. The van der Waals surface area contributed by atoms with E-state index in [1.54, 1.807) is 4.90 Å². The SMILES string of the molecule is O=C1c2ccccc2N[C@@H](c2ccc(Br)cc2)N1c1cccc(Br)c1. The summed E-state index contributed by atoms with van der Waals surface area (Å²) in [5, 5.41) is 3.51. The summed E-state index contributed by atoms with van der Waals surface area (Å²) in [5.74, 6) is -0.0135. The zero-order valence-electron chi connectivity index (χ0n) is 13.1. The Morgan fingerprint density at radius 1 is 0.840 bits per heavy atom. The fourth-order valence-electron chi connectivity index (χ4n) is 3.02. The van der Waals surface area contributed by atoms with E-state index >= 15 is 0 Å². The van der Waals surface area contributed by atoms with Gasteiger partial charge in [0.2, 0.25) is 0 Å². The van der Waals surface area contributed by atoms with E-state index in [2.05, 4.69) is 37.2 Å². The number of rotatable bonds is 2. The Morgan fingerprint density at radius 3 is 2.36 bits per heavy atom. The van der Waals surface area contributed by atoms with Gasteiger partial charge in [0.25, 0.3) is 5.91 Å². The smallest absolute Gasteiger partial charge is 0.262 e. The van der Waals surface area contributed by atoms with Gasteiger partial charge in [0.15, 0.2) is 0 Å². The van der Waals surface area contributed by atoms with Crippen LogP contribution in [-0.2, 0) is 0 Å². The van der Waals surface area contributed by atoms with E-state index in [0.29, 0.717) is 5.56 Å². The fourth-order valence-corrected chi connectivity index (χ4v) is 3.68. The summed E-state index contributed by atoms with van der Waals surface area (Å²) in [6.07, 6.45) is -0.273. The Kier molecular flexibility index (Phi) is 4.36. The molecule has 3 nitrogen and oxygen atoms in total. The van der Waals surface area contributed by atoms with Crippen LogP contribution in [0.15, 0.2) is 81.7 Å². The number of para-hydroxylation sites is 1. The molecule has 0 saturated carbocycles. The predicted octanol–water partition coefficient (Wildman–Crippen LogP) is 5.98. The molecular formula is C20H14Br2N2O. The minimum atomic E-state index is -0.273. The predicted molar refractivity (Wildman–Crippen MR) is 108 cm³/mol. The molecular weight excluding hydrogens is 444 g/mol. The standard InChI is InChI=1S/C20H14Br2N2O/c21-14-10-8-13(9-11-14)19-23-18-7-2-1-6-17(18)20(25)24(19)16-5-3-4-15(22)12-16/h1-12,19,23H/t19-/m1/s1. The van der Waals surface area contributed by atoms with Crippen LogP contribution in [0.5, 0.6) is 0 Å². The molecule has 3 aromatic carbocycles. The molecule has 0 bridgehead atoms. The van der Waals surface area contributed by atoms with Crippen molar-refractivity contribution >= 4 is 49.1 Å². The Morgan fingerprint density at radius 2 is 1.60 bits per heavy atom. The molecule has 25 heavy (non-hydrogen) atoms. The van der Waals surface area contributed by atoms with Crippen molar-refractivity contribution in [3.8, 4) is 0 Å². The van der Waals surface area contributed by atoms with E-state index in [4.69, 9.17) is 0 Å². The van der Waals surface area contributed by atoms with Gasteiger partial charge in [-0.1, -0.05) is 62.2 Å². The third-order valence-electron chi connectivity index (χ3n) is 4.20. The third-order valence-corrected chi connectivity index (χ3v) is 5.22. The lowest BCUT2D eigenvalue weighted by molar-refractivity contribution is 0.0975. The number of fused-ring (bicyclic) bond motifs is 1. The van der Waals surface area contributed by atoms with Gasteiger partial charge in [-0.3, -0.25) is 9.69 Å². The Hall–Kier alpha value is -2.11. The lowest BCUT2D eigenvalue weighted by Gasteiger charge is -2.38. The van der Waals surface area contributed by atoms with E-state index in [0.717, 1.165) is 25.9 Å². The quantitative estimate of drug-likeness (QED) is 0.513. The van der Waals surface area contributed by atoms with Crippen molar-refractivity contribution in [2.75, 3.05) is 10.2 Å². The third kappa shape index (κ3) is 3.10. The zero-order valence-corrected chi connectivity index (χ0v) is 16.3. The zero-order chi connectivity index (χ0) is 17.4. The molecule has 0 aliphatic carbocycles. The highest BCUT2D eigenvalue weighted by atomic mass is 79.9.